The third kappa shape index (κ3) is 3.04. The second-order valence-electron chi connectivity index (χ2n) is 5.00. The normalized spacial score (nSPS) is 12.7. The Morgan fingerprint density at radius 1 is 1.30 bits per heavy atom. The van der Waals surface area contributed by atoms with Crippen molar-refractivity contribution in [3.05, 3.63) is 40.8 Å². The van der Waals surface area contributed by atoms with Crippen LogP contribution in [0.1, 0.15) is 29.8 Å². The van der Waals surface area contributed by atoms with E-state index in [0.29, 0.717) is 5.56 Å². The van der Waals surface area contributed by atoms with Gasteiger partial charge in [0.05, 0.1) is 10.7 Å². The number of hydrogen-bond acceptors (Lipinski definition) is 3. The van der Waals surface area contributed by atoms with Gasteiger partial charge in [0.1, 0.15) is 5.82 Å². The molecule has 1 atom stereocenters. The monoisotopic (exact) mass is 293 g/mol. The molecule has 0 saturated heterocycles. The summed E-state index contributed by atoms with van der Waals surface area (Å²) in [6, 6.07) is 5.67. The number of nitrogens with one attached hydrogen (secondary N) is 1. The van der Waals surface area contributed by atoms with E-state index in [2.05, 4.69) is 10.4 Å². The molecule has 0 spiro atoms. The van der Waals surface area contributed by atoms with Crippen molar-refractivity contribution in [2.24, 2.45) is 7.05 Å². The number of aromatic nitrogens is 2. The number of halogens is 1. The minimum Gasteiger partial charge on any atom is -0.313 e. The van der Waals surface area contributed by atoms with Gasteiger partial charge in [0, 0.05) is 18.0 Å². The summed E-state index contributed by atoms with van der Waals surface area (Å²) in [5, 5.41) is 8.57. The Labute approximate surface area is 123 Å². The molecule has 0 radical (unpaired) electrons. The first-order valence-electron chi connectivity index (χ1n) is 6.58. The van der Waals surface area contributed by atoms with Gasteiger partial charge in [-0.1, -0.05) is 11.8 Å². The van der Waals surface area contributed by atoms with Crippen LogP contribution in [0.5, 0.6) is 0 Å². The van der Waals surface area contributed by atoms with Crippen molar-refractivity contribution < 1.29 is 4.39 Å². The summed E-state index contributed by atoms with van der Waals surface area (Å²) in [5.74, 6) is -0.160. The van der Waals surface area contributed by atoms with Crippen LogP contribution in [0.25, 0.3) is 0 Å². The van der Waals surface area contributed by atoms with Gasteiger partial charge >= 0.3 is 0 Å². The minimum atomic E-state index is -0.160. The summed E-state index contributed by atoms with van der Waals surface area (Å²) in [5.41, 5.74) is 2.62. The van der Waals surface area contributed by atoms with Crippen molar-refractivity contribution in [2.45, 2.75) is 36.7 Å². The molecule has 0 saturated carbocycles. The maximum absolute atomic E-state index is 13.8. The Bertz CT molecular complexity index is 622. The third-order valence-electron chi connectivity index (χ3n) is 3.36. The quantitative estimate of drug-likeness (QED) is 0.934. The van der Waals surface area contributed by atoms with Crippen LogP contribution < -0.4 is 5.32 Å². The van der Waals surface area contributed by atoms with E-state index in [1.54, 1.807) is 24.8 Å². The van der Waals surface area contributed by atoms with Gasteiger partial charge in [-0.25, -0.2) is 4.39 Å². The van der Waals surface area contributed by atoms with Gasteiger partial charge < -0.3 is 5.32 Å². The van der Waals surface area contributed by atoms with Crippen molar-refractivity contribution in [2.75, 3.05) is 7.05 Å². The molecule has 1 N–H and O–H groups in total. The minimum absolute atomic E-state index is 0.0990. The smallest absolute Gasteiger partial charge is 0.126 e. The van der Waals surface area contributed by atoms with Crippen LogP contribution in [0.15, 0.2) is 28.1 Å². The van der Waals surface area contributed by atoms with Crippen molar-refractivity contribution in [3.8, 4) is 0 Å². The van der Waals surface area contributed by atoms with Crippen LogP contribution in [0.4, 0.5) is 4.39 Å². The molecular formula is C15H20FN3S. The predicted octanol–water partition coefficient (Wildman–Crippen LogP) is 3.61. The largest absolute Gasteiger partial charge is 0.313 e. The Morgan fingerprint density at radius 3 is 2.55 bits per heavy atom. The highest BCUT2D eigenvalue weighted by atomic mass is 32.2. The molecule has 3 nitrogen and oxygen atoms in total. The third-order valence-corrected chi connectivity index (χ3v) is 4.53. The number of nitrogens with zero attached hydrogens (tertiary/aromatic N) is 2. The van der Waals surface area contributed by atoms with E-state index in [1.807, 2.05) is 44.8 Å². The molecule has 1 heterocycles. The number of rotatable bonds is 4. The lowest BCUT2D eigenvalue weighted by Gasteiger charge is -2.16. The zero-order chi connectivity index (χ0) is 14.9. The first-order chi connectivity index (χ1) is 9.42. The van der Waals surface area contributed by atoms with Crippen molar-refractivity contribution >= 4 is 11.8 Å². The standard InChI is InChI=1S/C15H20FN3S/c1-9-6-14(12(8-13(9)16)11(3)17-4)20-15-7-10(2)18-19(15)5/h6-8,11,17H,1-5H3. The molecule has 1 unspecified atom stereocenters. The lowest BCUT2D eigenvalue weighted by atomic mass is 10.1. The molecule has 0 amide bonds. The maximum atomic E-state index is 13.8. The Kier molecular flexibility index (Phi) is 4.50. The van der Waals surface area contributed by atoms with E-state index >= 15 is 0 Å². The van der Waals surface area contributed by atoms with Crippen molar-refractivity contribution in [1.82, 2.24) is 15.1 Å². The summed E-state index contributed by atoms with van der Waals surface area (Å²) < 4.78 is 15.7. The summed E-state index contributed by atoms with van der Waals surface area (Å²) in [7, 11) is 3.80. The van der Waals surface area contributed by atoms with Gasteiger partial charge in [0.2, 0.25) is 0 Å². The van der Waals surface area contributed by atoms with Gasteiger partial charge in [-0.3, -0.25) is 4.68 Å². The summed E-state index contributed by atoms with van der Waals surface area (Å²) in [6.45, 7) is 5.79. The number of aryl methyl sites for hydroxylation is 3. The molecule has 2 aromatic rings. The van der Waals surface area contributed by atoms with E-state index in [-0.39, 0.29) is 11.9 Å². The highest BCUT2D eigenvalue weighted by molar-refractivity contribution is 7.99. The zero-order valence-electron chi connectivity index (χ0n) is 12.5. The maximum Gasteiger partial charge on any atom is 0.126 e. The number of hydrogen-bond donors (Lipinski definition) is 1. The summed E-state index contributed by atoms with van der Waals surface area (Å²) in [6.07, 6.45) is 0. The summed E-state index contributed by atoms with van der Waals surface area (Å²) in [4.78, 5) is 1.06. The van der Waals surface area contributed by atoms with Crippen LogP contribution in [-0.4, -0.2) is 16.8 Å². The molecule has 5 heteroatoms. The topological polar surface area (TPSA) is 29.9 Å². The van der Waals surface area contributed by atoms with E-state index in [1.165, 1.54) is 0 Å². The van der Waals surface area contributed by atoms with E-state index < -0.39 is 0 Å². The average molecular weight is 293 g/mol. The molecule has 0 bridgehead atoms. The van der Waals surface area contributed by atoms with Crippen LogP contribution in [0.3, 0.4) is 0 Å². The highest BCUT2D eigenvalue weighted by Crippen LogP contribution is 2.35. The average Bonchev–Trinajstić information content (AvgIpc) is 2.71. The lowest BCUT2D eigenvalue weighted by molar-refractivity contribution is 0.594. The molecule has 0 aliphatic heterocycles. The molecule has 1 aromatic heterocycles. The highest BCUT2D eigenvalue weighted by Gasteiger charge is 2.15. The molecule has 0 aliphatic carbocycles. The Hall–Kier alpha value is -1.33. The fraction of sp³-hybridized carbons (Fsp3) is 0.400. The lowest BCUT2D eigenvalue weighted by Crippen LogP contribution is -2.14. The van der Waals surface area contributed by atoms with Gasteiger partial charge in [0.15, 0.2) is 0 Å². The van der Waals surface area contributed by atoms with Crippen LogP contribution in [-0.2, 0) is 7.05 Å². The van der Waals surface area contributed by atoms with Gasteiger partial charge in [0.25, 0.3) is 0 Å². The van der Waals surface area contributed by atoms with Crippen molar-refractivity contribution in [1.29, 1.82) is 0 Å². The van der Waals surface area contributed by atoms with E-state index in [0.717, 1.165) is 21.2 Å². The Morgan fingerprint density at radius 2 is 2.00 bits per heavy atom. The first kappa shape index (κ1) is 15.1. The molecule has 20 heavy (non-hydrogen) atoms. The van der Waals surface area contributed by atoms with Gasteiger partial charge in [-0.2, -0.15) is 5.10 Å². The number of benzene rings is 1. The van der Waals surface area contributed by atoms with Gasteiger partial charge in [-0.05, 0) is 57.1 Å². The summed E-state index contributed by atoms with van der Waals surface area (Å²) >= 11 is 1.62. The van der Waals surface area contributed by atoms with Crippen LogP contribution in [0.2, 0.25) is 0 Å². The molecule has 1 aromatic carbocycles. The molecule has 0 fully saturated rings. The fourth-order valence-corrected chi connectivity index (χ4v) is 3.26. The second kappa shape index (κ2) is 5.97. The fourth-order valence-electron chi connectivity index (χ4n) is 2.05. The molecule has 2 rings (SSSR count). The van der Waals surface area contributed by atoms with E-state index in [9.17, 15) is 4.39 Å². The van der Waals surface area contributed by atoms with E-state index in [4.69, 9.17) is 0 Å². The second-order valence-corrected chi connectivity index (χ2v) is 6.06. The van der Waals surface area contributed by atoms with Gasteiger partial charge in [-0.15, -0.1) is 0 Å². The van der Waals surface area contributed by atoms with Crippen LogP contribution in [0, 0.1) is 19.7 Å². The molecule has 108 valence electrons. The SMILES string of the molecule is CNC(C)c1cc(F)c(C)cc1Sc1cc(C)nn1C. The zero-order valence-corrected chi connectivity index (χ0v) is 13.3. The predicted molar refractivity (Wildman–Crippen MR) is 80.7 cm³/mol. The van der Waals surface area contributed by atoms with Crippen LogP contribution >= 0.6 is 11.8 Å². The first-order valence-corrected chi connectivity index (χ1v) is 7.39. The Balaban J connectivity index is 2.44. The molecule has 0 aliphatic rings. The molecular weight excluding hydrogens is 273 g/mol. The van der Waals surface area contributed by atoms with Crippen molar-refractivity contribution in [3.63, 3.8) is 0 Å².